The van der Waals surface area contributed by atoms with Crippen molar-refractivity contribution >= 4 is 11.8 Å². The highest BCUT2D eigenvalue weighted by Gasteiger charge is 2.09. The maximum Gasteiger partial charge on any atom is 0.0787 e. The van der Waals surface area contributed by atoms with E-state index >= 15 is 0 Å². The first-order valence-corrected chi connectivity index (χ1v) is 6.87. The van der Waals surface area contributed by atoms with Crippen molar-refractivity contribution in [2.24, 2.45) is 5.92 Å². The van der Waals surface area contributed by atoms with Crippen LogP contribution in [0.3, 0.4) is 0 Å². The fourth-order valence-electron chi connectivity index (χ4n) is 1.35. The lowest BCUT2D eigenvalue weighted by atomic mass is 10.1. The molecule has 16 heavy (non-hydrogen) atoms. The largest absolute Gasteiger partial charge is 0.388 e. The molecule has 0 saturated carbocycles. The van der Waals surface area contributed by atoms with E-state index in [-0.39, 0.29) is 6.10 Å². The van der Waals surface area contributed by atoms with Crippen LogP contribution < -0.4 is 0 Å². The third-order valence-corrected chi connectivity index (χ3v) is 4.37. The van der Waals surface area contributed by atoms with Crippen LogP contribution in [0.25, 0.3) is 0 Å². The van der Waals surface area contributed by atoms with E-state index in [1.165, 1.54) is 4.90 Å². The van der Waals surface area contributed by atoms with Gasteiger partial charge in [-0.05, 0) is 30.0 Å². The molecule has 0 aliphatic carbocycles. The molecule has 1 unspecified atom stereocenters. The number of thioether (sulfide) groups is 1. The summed E-state index contributed by atoms with van der Waals surface area (Å²) in [6, 6.07) is 8.28. The minimum absolute atomic E-state index is 0.318. The zero-order valence-electron chi connectivity index (χ0n) is 10.6. The van der Waals surface area contributed by atoms with E-state index < -0.39 is 0 Å². The Morgan fingerprint density at radius 3 is 2.12 bits per heavy atom. The van der Waals surface area contributed by atoms with Gasteiger partial charge in [0.2, 0.25) is 0 Å². The summed E-state index contributed by atoms with van der Waals surface area (Å²) in [4.78, 5) is 1.29. The number of hydrogen-bond acceptors (Lipinski definition) is 2. The summed E-state index contributed by atoms with van der Waals surface area (Å²) in [6.45, 7) is 8.73. The number of benzene rings is 1. The zero-order valence-corrected chi connectivity index (χ0v) is 11.4. The monoisotopic (exact) mass is 238 g/mol. The van der Waals surface area contributed by atoms with Crippen molar-refractivity contribution in [3.8, 4) is 0 Å². The molecule has 2 atom stereocenters. The van der Waals surface area contributed by atoms with Crippen LogP contribution in [-0.2, 0) is 0 Å². The fraction of sp³-hybridized carbons (Fsp3) is 0.571. The summed E-state index contributed by atoms with van der Waals surface area (Å²) in [7, 11) is 0. The molecule has 0 aliphatic heterocycles. The van der Waals surface area contributed by atoms with Gasteiger partial charge in [0.1, 0.15) is 0 Å². The van der Waals surface area contributed by atoms with Crippen molar-refractivity contribution in [1.82, 2.24) is 0 Å². The molecule has 0 aliphatic rings. The summed E-state index contributed by atoms with van der Waals surface area (Å²) < 4.78 is 0. The molecular weight excluding hydrogens is 216 g/mol. The van der Waals surface area contributed by atoms with Crippen LogP contribution in [0.2, 0.25) is 0 Å². The van der Waals surface area contributed by atoms with Gasteiger partial charge in [-0.3, -0.25) is 0 Å². The van der Waals surface area contributed by atoms with Crippen molar-refractivity contribution in [3.63, 3.8) is 0 Å². The van der Waals surface area contributed by atoms with Crippen molar-refractivity contribution in [1.29, 1.82) is 0 Å². The van der Waals surface area contributed by atoms with Crippen LogP contribution in [0.15, 0.2) is 29.2 Å². The first kappa shape index (κ1) is 13.6. The molecule has 1 N–H and O–H groups in total. The van der Waals surface area contributed by atoms with Gasteiger partial charge in [-0.15, -0.1) is 11.8 Å². The minimum atomic E-state index is -0.318. The lowest BCUT2D eigenvalue weighted by Gasteiger charge is -2.15. The summed E-state index contributed by atoms with van der Waals surface area (Å²) in [6.07, 6.45) is 0.455. The SMILES string of the molecule is CC[C@@H](O)c1ccc(SC(C)C(C)C)cc1. The van der Waals surface area contributed by atoms with E-state index in [0.29, 0.717) is 11.2 Å². The standard InChI is InChI=1S/C14H22OS/c1-5-14(15)12-6-8-13(9-7-12)16-11(4)10(2)3/h6-11,14-15H,5H2,1-4H3/t11?,14-/m1/s1. The second kappa shape index (κ2) is 6.31. The van der Waals surface area contributed by atoms with Gasteiger partial charge < -0.3 is 5.11 Å². The molecule has 0 amide bonds. The molecule has 0 spiro atoms. The van der Waals surface area contributed by atoms with Gasteiger partial charge in [-0.2, -0.15) is 0 Å². The first-order valence-electron chi connectivity index (χ1n) is 5.99. The van der Waals surface area contributed by atoms with E-state index in [0.717, 1.165) is 12.0 Å². The highest BCUT2D eigenvalue weighted by molar-refractivity contribution is 8.00. The van der Waals surface area contributed by atoms with Gasteiger partial charge in [0, 0.05) is 10.1 Å². The Balaban J connectivity index is 2.64. The lowest BCUT2D eigenvalue weighted by molar-refractivity contribution is 0.173. The average molecular weight is 238 g/mol. The Morgan fingerprint density at radius 1 is 1.12 bits per heavy atom. The third kappa shape index (κ3) is 3.84. The van der Waals surface area contributed by atoms with Gasteiger partial charge in [-0.25, -0.2) is 0 Å². The Bertz CT molecular complexity index is 305. The number of hydrogen-bond donors (Lipinski definition) is 1. The quantitative estimate of drug-likeness (QED) is 0.773. The second-order valence-corrected chi connectivity index (χ2v) is 6.01. The van der Waals surface area contributed by atoms with Gasteiger partial charge in [0.05, 0.1) is 6.10 Å². The Hall–Kier alpha value is -0.470. The van der Waals surface area contributed by atoms with Crippen LogP contribution >= 0.6 is 11.8 Å². The molecule has 0 heterocycles. The minimum Gasteiger partial charge on any atom is -0.388 e. The molecule has 0 aromatic heterocycles. The van der Waals surface area contributed by atoms with Gasteiger partial charge in [0.25, 0.3) is 0 Å². The van der Waals surface area contributed by atoms with E-state index in [2.05, 4.69) is 32.9 Å². The van der Waals surface area contributed by atoms with Gasteiger partial charge in [0.15, 0.2) is 0 Å². The Kier molecular flexibility index (Phi) is 5.36. The van der Waals surface area contributed by atoms with Crippen molar-refractivity contribution in [3.05, 3.63) is 29.8 Å². The van der Waals surface area contributed by atoms with Crippen LogP contribution in [0.1, 0.15) is 45.8 Å². The van der Waals surface area contributed by atoms with Crippen LogP contribution in [0.4, 0.5) is 0 Å². The normalized spacial score (nSPS) is 15.1. The molecule has 1 aromatic rings. The Labute approximate surface area is 103 Å². The lowest BCUT2D eigenvalue weighted by Crippen LogP contribution is -2.05. The Morgan fingerprint density at radius 2 is 1.69 bits per heavy atom. The molecular formula is C14H22OS. The van der Waals surface area contributed by atoms with Crippen molar-refractivity contribution in [2.75, 3.05) is 0 Å². The molecule has 1 nitrogen and oxygen atoms in total. The highest BCUT2D eigenvalue weighted by atomic mass is 32.2. The molecule has 2 heteroatoms. The number of aliphatic hydroxyl groups excluding tert-OH is 1. The first-order chi connectivity index (χ1) is 7.54. The molecule has 0 fully saturated rings. The van der Waals surface area contributed by atoms with E-state index in [1.807, 2.05) is 30.8 Å². The predicted octanol–water partition coefficient (Wildman–Crippen LogP) is 4.27. The zero-order chi connectivity index (χ0) is 12.1. The van der Waals surface area contributed by atoms with Crippen LogP contribution in [-0.4, -0.2) is 10.4 Å². The summed E-state index contributed by atoms with van der Waals surface area (Å²) in [5.74, 6) is 0.686. The molecule has 1 aromatic carbocycles. The number of rotatable bonds is 5. The van der Waals surface area contributed by atoms with Gasteiger partial charge >= 0.3 is 0 Å². The van der Waals surface area contributed by atoms with E-state index in [4.69, 9.17) is 0 Å². The van der Waals surface area contributed by atoms with Crippen LogP contribution in [0.5, 0.6) is 0 Å². The summed E-state index contributed by atoms with van der Waals surface area (Å²) >= 11 is 1.90. The smallest absolute Gasteiger partial charge is 0.0787 e. The molecule has 0 radical (unpaired) electrons. The van der Waals surface area contributed by atoms with Gasteiger partial charge in [-0.1, -0.05) is 39.8 Å². The van der Waals surface area contributed by atoms with Crippen molar-refractivity contribution < 1.29 is 5.11 Å². The third-order valence-electron chi connectivity index (χ3n) is 2.91. The van der Waals surface area contributed by atoms with E-state index in [1.54, 1.807) is 0 Å². The maximum absolute atomic E-state index is 9.68. The molecule has 0 bridgehead atoms. The molecule has 0 saturated heterocycles. The van der Waals surface area contributed by atoms with Crippen molar-refractivity contribution in [2.45, 2.75) is 50.4 Å². The van der Waals surface area contributed by atoms with Crippen LogP contribution in [0, 0.1) is 5.92 Å². The predicted molar refractivity (Wildman–Crippen MR) is 71.8 cm³/mol. The molecule has 90 valence electrons. The summed E-state index contributed by atoms with van der Waals surface area (Å²) in [5, 5.41) is 10.3. The molecule has 1 rings (SSSR count). The topological polar surface area (TPSA) is 20.2 Å². The van der Waals surface area contributed by atoms with E-state index in [9.17, 15) is 5.11 Å². The maximum atomic E-state index is 9.68. The highest BCUT2D eigenvalue weighted by Crippen LogP contribution is 2.28. The second-order valence-electron chi connectivity index (χ2n) is 4.56. The summed E-state index contributed by atoms with van der Waals surface area (Å²) in [5.41, 5.74) is 1.02. The number of aliphatic hydroxyl groups is 1. The fourth-order valence-corrected chi connectivity index (χ4v) is 2.35. The average Bonchev–Trinajstić information content (AvgIpc) is 2.28.